The molecule has 29 heavy (non-hydrogen) atoms. The van der Waals surface area contributed by atoms with Gasteiger partial charge in [0.05, 0.1) is 19.9 Å². The van der Waals surface area contributed by atoms with Crippen molar-refractivity contribution in [2.75, 3.05) is 30.9 Å². The van der Waals surface area contributed by atoms with E-state index in [1.165, 1.54) is 21.3 Å². The first kappa shape index (κ1) is 21.0. The molecule has 9 heteroatoms. The van der Waals surface area contributed by atoms with Crippen molar-refractivity contribution in [2.45, 2.75) is 13.8 Å². The Labute approximate surface area is 174 Å². The Balaban J connectivity index is 2.15. The second-order valence-electron chi connectivity index (χ2n) is 6.56. The predicted molar refractivity (Wildman–Crippen MR) is 114 cm³/mol. The third-order valence-corrected chi connectivity index (χ3v) is 7.01. The molecule has 0 saturated carbocycles. The number of nitrogens with one attached hydrogen (secondary N) is 1. The van der Waals surface area contributed by atoms with Crippen molar-refractivity contribution >= 4 is 44.5 Å². The van der Waals surface area contributed by atoms with E-state index in [-0.39, 0.29) is 4.91 Å². The summed E-state index contributed by atoms with van der Waals surface area (Å²) in [5.41, 5.74) is 2.49. The largest absolute Gasteiger partial charge is 0.493 e. The van der Waals surface area contributed by atoms with E-state index in [0.29, 0.717) is 39.0 Å². The Morgan fingerprint density at radius 2 is 1.69 bits per heavy atom. The maximum Gasteiger partial charge on any atom is 0.269 e. The van der Waals surface area contributed by atoms with Gasteiger partial charge in [0, 0.05) is 29.4 Å². The highest BCUT2D eigenvalue weighted by atomic mass is 35.5. The van der Waals surface area contributed by atoms with Crippen LogP contribution in [0.25, 0.3) is 5.57 Å². The lowest BCUT2D eigenvalue weighted by Crippen LogP contribution is -2.36. The van der Waals surface area contributed by atoms with Gasteiger partial charge in [-0.05, 0) is 49.2 Å². The van der Waals surface area contributed by atoms with Gasteiger partial charge in [0.15, 0.2) is 16.4 Å². The number of anilines is 2. The molecule has 0 atom stereocenters. The summed E-state index contributed by atoms with van der Waals surface area (Å²) in [4.78, 5) is 12.7. The van der Waals surface area contributed by atoms with E-state index in [0.717, 1.165) is 9.87 Å². The fraction of sp³-hybridized carbons (Fsp3) is 0.250. The van der Waals surface area contributed by atoms with Gasteiger partial charge in [0.1, 0.15) is 0 Å². The minimum atomic E-state index is -4.07. The molecule has 3 rings (SSSR count). The van der Waals surface area contributed by atoms with Crippen molar-refractivity contribution < 1.29 is 22.7 Å². The smallest absolute Gasteiger partial charge is 0.269 e. The monoisotopic (exact) mass is 436 g/mol. The molecule has 0 radical (unpaired) electrons. The lowest BCUT2D eigenvalue weighted by Gasteiger charge is -2.30. The van der Waals surface area contributed by atoms with Gasteiger partial charge in [-0.1, -0.05) is 11.6 Å². The van der Waals surface area contributed by atoms with E-state index in [1.54, 1.807) is 44.2 Å². The third kappa shape index (κ3) is 3.54. The molecular weight excluding hydrogens is 416 g/mol. The van der Waals surface area contributed by atoms with Crippen LogP contribution in [0.3, 0.4) is 0 Å². The zero-order valence-electron chi connectivity index (χ0n) is 16.7. The number of aryl methyl sites for hydroxylation is 1. The molecule has 0 saturated heterocycles. The van der Waals surface area contributed by atoms with Crippen molar-refractivity contribution in [3.63, 3.8) is 0 Å². The fourth-order valence-electron chi connectivity index (χ4n) is 3.25. The Morgan fingerprint density at radius 3 is 2.28 bits per heavy atom. The zero-order chi connectivity index (χ0) is 21.5. The van der Waals surface area contributed by atoms with Crippen LogP contribution in [0, 0.1) is 6.92 Å². The number of fused-ring (bicyclic) bond motifs is 1. The van der Waals surface area contributed by atoms with Gasteiger partial charge in [0.25, 0.3) is 15.9 Å². The van der Waals surface area contributed by atoms with Gasteiger partial charge in [-0.15, -0.1) is 0 Å². The molecule has 1 aliphatic heterocycles. The minimum Gasteiger partial charge on any atom is -0.493 e. The van der Waals surface area contributed by atoms with Gasteiger partial charge >= 0.3 is 0 Å². The highest BCUT2D eigenvalue weighted by molar-refractivity contribution is 7.97. The molecule has 2 aromatic rings. The van der Waals surface area contributed by atoms with Crippen LogP contribution in [-0.2, 0) is 14.8 Å². The van der Waals surface area contributed by atoms with Crippen LogP contribution in [0.2, 0.25) is 5.02 Å². The highest BCUT2D eigenvalue weighted by Gasteiger charge is 2.38. The topological polar surface area (TPSA) is 84.9 Å². The number of allylic oxidation sites excluding steroid dienone is 1. The lowest BCUT2D eigenvalue weighted by atomic mass is 10.0. The maximum atomic E-state index is 13.1. The summed E-state index contributed by atoms with van der Waals surface area (Å²) in [7, 11) is 0.284. The van der Waals surface area contributed by atoms with E-state index in [4.69, 9.17) is 21.1 Å². The van der Waals surface area contributed by atoms with Crippen molar-refractivity contribution in [3.05, 3.63) is 51.4 Å². The molecule has 2 aromatic carbocycles. The summed E-state index contributed by atoms with van der Waals surface area (Å²) in [6, 6.07) is 8.18. The quantitative estimate of drug-likeness (QED) is 0.787. The van der Waals surface area contributed by atoms with Gasteiger partial charge in [-0.3, -0.25) is 9.10 Å². The molecule has 0 bridgehead atoms. The summed E-state index contributed by atoms with van der Waals surface area (Å²) in [6.45, 7) is 3.37. The van der Waals surface area contributed by atoms with E-state index < -0.39 is 15.9 Å². The van der Waals surface area contributed by atoms with Crippen LogP contribution in [0.15, 0.2) is 35.2 Å². The Kier molecular flexibility index (Phi) is 5.51. The number of carbonyl (C=O) groups is 1. The average molecular weight is 437 g/mol. The summed E-state index contributed by atoms with van der Waals surface area (Å²) in [6.07, 6.45) is 0. The lowest BCUT2D eigenvalue weighted by molar-refractivity contribution is -0.112. The predicted octanol–water partition coefficient (Wildman–Crippen LogP) is 3.81. The first-order chi connectivity index (χ1) is 13.6. The van der Waals surface area contributed by atoms with Gasteiger partial charge in [-0.25, -0.2) is 8.42 Å². The summed E-state index contributed by atoms with van der Waals surface area (Å²) >= 11 is 5.95. The molecule has 1 aliphatic rings. The second-order valence-corrected chi connectivity index (χ2v) is 8.91. The zero-order valence-corrected chi connectivity index (χ0v) is 18.2. The standard InChI is InChI=1S/C20H21ClN2O5S/c1-11-8-13(21)6-7-15(11)22-20(24)19-12(2)14-9-17(27-4)18(28-5)10-16(14)23(3)29(19,25)26/h6-10H,1-5H3,(H,22,24). The molecule has 0 spiro atoms. The number of hydrogen-bond donors (Lipinski definition) is 1. The molecule has 1 N–H and O–H groups in total. The van der Waals surface area contributed by atoms with Crippen molar-refractivity contribution in [1.82, 2.24) is 0 Å². The van der Waals surface area contributed by atoms with Crippen LogP contribution in [0.1, 0.15) is 18.1 Å². The summed E-state index contributed by atoms with van der Waals surface area (Å²) in [5.74, 6) is 0.109. The Morgan fingerprint density at radius 1 is 1.07 bits per heavy atom. The molecule has 0 aromatic heterocycles. The van der Waals surface area contributed by atoms with Crippen LogP contribution < -0.4 is 19.1 Å². The highest BCUT2D eigenvalue weighted by Crippen LogP contribution is 2.44. The number of hydrogen-bond acceptors (Lipinski definition) is 5. The van der Waals surface area contributed by atoms with Crippen LogP contribution >= 0.6 is 11.6 Å². The molecular formula is C20H21ClN2O5S. The van der Waals surface area contributed by atoms with Gasteiger partial charge in [0.2, 0.25) is 0 Å². The molecule has 0 fully saturated rings. The number of amides is 1. The van der Waals surface area contributed by atoms with Crippen molar-refractivity contribution in [1.29, 1.82) is 0 Å². The first-order valence-corrected chi connectivity index (χ1v) is 10.5. The number of benzene rings is 2. The molecule has 1 amide bonds. The Hall–Kier alpha value is -2.71. The van der Waals surface area contributed by atoms with E-state index in [2.05, 4.69) is 5.32 Å². The third-order valence-electron chi connectivity index (χ3n) is 4.85. The van der Waals surface area contributed by atoms with Crippen LogP contribution in [-0.4, -0.2) is 35.6 Å². The number of methoxy groups -OCH3 is 2. The van der Waals surface area contributed by atoms with E-state index in [1.807, 2.05) is 0 Å². The maximum absolute atomic E-state index is 13.1. The van der Waals surface area contributed by atoms with Crippen LogP contribution in [0.5, 0.6) is 11.5 Å². The van der Waals surface area contributed by atoms with E-state index >= 15 is 0 Å². The number of sulfonamides is 1. The number of halogens is 1. The first-order valence-electron chi connectivity index (χ1n) is 8.65. The summed E-state index contributed by atoms with van der Waals surface area (Å²) in [5, 5.41) is 3.20. The SMILES string of the molecule is COc1cc2c(cc1OC)N(C)S(=O)(=O)C(C(=O)Nc1ccc(Cl)cc1C)=C2C. The van der Waals surface area contributed by atoms with Crippen molar-refractivity contribution in [3.8, 4) is 11.5 Å². The summed E-state index contributed by atoms with van der Waals surface area (Å²) < 4.78 is 37.9. The fourth-order valence-corrected chi connectivity index (χ4v) is 4.94. The second kappa shape index (κ2) is 7.61. The van der Waals surface area contributed by atoms with E-state index in [9.17, 15) is 13.2 Å². The Bertz CT molecular complexity index is 1140. The molecule has 0 unspecified atom stereocenters. The number of carbonyl (C=O) groups excluding carboxylic acids is 1. The van der Waals surface area contributed by atoms with Crippen LogP contribution in [0.4, 0.5) is 11.4 Å². The van der Waals surface area contributed by atoms with Gasteiger partial charge < -0.3 is 14.8 Å². The molecule has 154 valence electrons. The van der Waals surface area contributed by atoms with Crippen molar-refractivity contribution in [2.24, 2.45) is 0 Å². The number of rotatable bonds is 4. The molecule has 0 aliphatic carbocycles. The van der Waals surface area contributed by atoms with Gasteiger partial charge in [-0.2, -0.15) is 0 Å². The number of ether oxygens (including phenoxy) is 2. The molecule has 7 nitrogen and oxygen atoms in total. The minimum absolute atomic E-state index is 0.322. The normalized spacial score (nSPS) is 15.0. The number of nitrogens with zero attached hydrogens (tertiary/aromatic N) is 1. The molecule has 1 heterocycles. The average Bonchev–Trinajstić information content (AvgIpc) is 2.67.